The van der Waals surface area contributed by atoms with E-state index in [1.54, 1.807) is 0 Å². The number of fused-ring (bicyclic) bond motifs is 6. The van der Waals surface area contributed by atoms with Gasteiger partial charge in [0, 0.05) is 33.7 Å². The van der Waals surface area contributed by atoms with E-state index >= 15 is 0 Å². The zero-order valence-corrected chi connectivity index (χ0v) is 31.7. The van der Waals surface area contributed by atoms with Crippen molar-refractivity contribution in [2.45, 2.75) is 19.3 Å². The molecule has 0 N–H and O–H groups in total. The molecule has 0 spiro atoms. The van der Waals surface area contributed by atoms with Gasteiger partial charge >= 0.3 is 0 Å². The molecular formula is C54H37N3. The van der Waals surface area contributed by atoms with E-state index in [0.29, 0.717) is 5.82 Å². The number of rotatable bonds is 5. The third-order valence-electron chi connectivity index (χ3n) is 11.9. The molecule has 1 aliphatic carbocycles. The second-order valence-corrected chi connectivity index (χ2v) is 15.6. The average molecular weight is 728 g/mol. The number of hydrogen-bond acceptors (Lipinski definition) is 3. The molecule has 0 saturated heterocycles. The van der Waals surface area contributed by atoms with Crippen LogP contribution in [0.1, 0.15) is 25.0 Å². The van der Waals surface area contributed by atoms with E-state index < -0.39 is 0 Å². The van der Waals surface area contributed by atoms with Crippen LogP contribution in [0.5, 0.6) is 0 Å². The SMILES string of the molecule is CC1(C)c2cc3ccccc3cc2-c2c(-c3cc(-c4ccc(-c5ccc(-c6ccc7ncccc7c6)cc5)c5ccccc45)nc(-c4ccccc4)n3)cccc21. The molecule has 268 valence electrons. The molecule has 0 saturated carbocycles. The lowest BCUT2D eigenvalue weighted by molar-refractivity contribution is 0.661. The molecule has 8 aromatic carbocycles. The van der Waals surface area contributed by atoms with Crippen LogP contribution in [-0.2, 0) is 5.41 Å². The molecule has 57 heavy (non-hydrogen) atoms. The Morgan fingerprint density at radius 3 is 1.84 bits per heavy atom. The Morgan fingerprint density at radius 2 is 1.04 bits per heavy atom. The van der Waals surface area contributed by atoms with Crippen molar-refractivity contribution in [3.63, 3.8) is 0 Å². The second-order valence-electron chi connectivity index (χ2n) is 15.6. The van der Waals surface area contributed by atoms with Crippen molar-refractivity contribution in [1.29, 1.82) is 0 Å². The van der Waals surface area contributed by atoms with E-state index in [2.05, 4.69) is 189 Å². The predicted molar refractivity (Wildman–Crippen MR) is 237 cm³/mol. The van der Waals surface area contributed by atoms with Crippen LogP contribution >= 0.6 is 0 Å². The summed E-state index contributed by atoms with van der Waals surface area (Å²) in [5.41, 5.74) is 15.8. The maximum atomic E-state index is 5.34. The van der Waals surface area contributed by atoms with Gasteiger partial charge in [0.25, 0.3) is 0 Å². The summed E-state index contributed by atoms with van der Waals surface area (Å²) < 4.78 is 0. The van der Waals surface area contributed by atoms with E-state index in [1.165, 1.54) is 60.7 Å². The molecule has 11 rings (SSSR count). The monoisotopic (exact) mass is 727 g/mol. The minimum absolute atomic E-state index is 0.153. The molecule has 0 amide bonds. The first-order chi connectivity index (χ1) is 28.0. The molecule has 0 bridgehead atoms. The van der Waals surface area contributed by atoms with E-state index in [0.717, 1.165) is 44.4 Å². The summed E-state index contributed by atoms with van der Waals surface area (Å²) >= 11 is 0. The molecule has 0 aliphatic heterocycles. The largest absolute Gasteiger partial charge is 0.256 e. The number of hydrogen-bond donors (Lipinski definition) is 0. The second kappa shape index (κ2) is 12.9. The smallest absolute Gasteiger partial charge is 0.160 e. The van der Waals surface area contributed by atoms with Gasteiger partial charge in [-0.2, -0.15) is 0 Å². The summed E-state index contributed by atoms with van der Waals surface area (Å²) in [4.78, 5) is 15.1. The van der Waals surface area contributed by atoms with Gasteiger partial charge in [0.2, 0.25) is 0 Å². The first-order valence-corrected chi connectivity index (χ1v) is 19.6. The molecule has 0 atom stereocenters. The number of pyridine rings is 1. The van der Waals surface area contributed by atoms with Crippen molar-refractivity contribution in [1.82, 2.24) is 15.0 Å². The van der Waals surface area contributed by atoms with Gasteiger partial charge in [-0.05, 0) is 102 Å². The highest BCUT2D eigenvalue weighted by Crippen LogP contribution is 2.53. The van der Waals surface area contributed by atoms with Gasteiger partial charge in [-0.1, -0.05) is 159 Å². The minimum atomic E-state index is -0.153. The van der Waals surface area contributed by atoms with Crippen LogP contribution in [0.3, 0.4) is 0 Å². The lowest BCUT2D eigenvalue weighted by atomic mass is 9.81. The lowest BCUT2D eigenvalue weighted by Crippen LogP contribution is -2.14. The molecule has 2 aromatic heterocycles. The first kappa shape index (κ1) is 33.1. The molecule has 1 aliphatic rings. The van der Waals surface area contributed by atoms with Crippen LogP contribution in [0.25, 0.3) is 99.7 Å². The number of aromatic nitrogens is 3. The summed E-state index contributed by atoms with van der Waals surface area (Å²) in [7, 11) is 0. The number of benzene rings is 8. The maximum absolute atomic E-state index is 5.34. The fraction of sp³-hybridized carbons (Fsp3) is 0.0556. The molecule has 3 nitrogen and oxygen atoms in total. The summed E-state index contributed by atoms with van der Waals surface area (Å²) in [5, 5.41) is 5.99. The van der Waals surface area contributed by atoms with Crippen molar-refractivity contribution in [3.05, 3.63) is 199 Å². The molecular weight excluding hydrogens is 691 g/mol. The normalized spacial score (nSPS) is 12.9. The molecule has 10 aromatic rings. The van der Waals surface area contributed by atoms with Gasteiger partial charge in [0.15, 0.2) is 5.82 Å². The van der Waals surface area contributed by atoms with Crippen molar-refractivity contribution in [3.8, 4) is 67.3 Å². The van der Waals surface area contributed by atoms with Crippen molar-refractivity contribution >= 4 is 32.4 Å². The van der Waals surface area contributed by atoms with Gasteiger partial charge in [0.05, 0.1) is 16.9 Å². The lowest BCUT2D eigenvalue weighted by Gasteiger charge is -2.22. The van der Waals surface area contributed by atoms with Gasteiger partial charge < -0.3 is 0 Å². The average Bonchev–Trinajstić information content (AvgIpc) is 3.50. The molecule has 3 heteroatoms. The predicted octanol–water partition coefficient (Wildman–Crippen LogP) is 14.0. The van der Waals surface area contributed by atoms with Crippen LogP contribution in [0.2, 0.25) is 0 Å². The highest BCUT2D eigenvalue weighted by molar-refractivity contribution is 6.05. The molecule has 2 heterocycles. The summed E-state index contributed by atoms with van der Waals surface area (Å²) in [5.74, 6) is 0.713. The Labute approximate surface area is 332 Å². The third-order valence-corrected chi connectivity index (χ3v) is 11.9. The fourth-order valence-corrected chi connectivity index (χ4v) is 9.00. The van der Waals surface area contributed by atoms with Crippen LogP contribution in [-0.4, -0.2) is 15.0 Å². The van der Waals surface area contributed by atoms with Crippen LogP contribution in [0.4, 0.5) is 0 Å². The van der Waals surface area contributed by atoms with Crippen LogP contribution < -0.4 is 0 Å². The molecule has 0 radical (unpaired) electrons. The highest BCUT2D eigenvalue weighted by Gasteiger charge is 2.37. The van der Waals surface area contributed by atoms with E-state index in [4.69, 9.17) is 9.97 Å². The van der Waals surface area contributed by atoms with Gasteiger partial charge in [-0.3, -0.25) is 4.98 Å². The molecule has 0 unspecified atom stereocenters. The van der Waals surface area contributed by atoms with E-state index in [-0.39, 0.29) is 5.41 Å². The highest BCUT2D eigenvalue weighted by atomic mass is 14.9. The Hall–Kier alpha value is -7.23. The Kier molecular flexibility index (Phi) is 7.52. The minimum Gasteiger partial charge on any atom is -0.256 e. The Bertz CT molecular complexity index is 3200. The number of nitrogens with zero attached hydrogens (tertiary/aromatic N) is 3. The van der Waals surface area contributed by atoms with Crippen LogP contribution in [0.15, 0.2) is 188 Å². The quantitative estimate of drug-likeness (QED) is 0.177. The van der Waals surface area contributed by atoms with Crippen molar-refractivity contribution < 1.29 is 0 Å². The fourth-order valence-electron chi connectivity index (χ4n) is 9.00. The zero-order valence-electron chi connectivity index (χ0n) is 31.7. The third kappa shape index (κ3) is 5.46. The van der Waals surface area contributed by atoms with Gasteiger partial charge in [-0.25, -0.2) is 9.97 Å². The summed E-state index contributed by atoms with van der Waals surface area (Å²) in [6.07, 6.45) is 1.84. The van der Waals surface area contributed by atoms with E-state index in [1.807, 2.05) is 18.3 Å². The van der Waals surface area contributed by atoms with E-state index in [9.17, 15) is 0 Å². The zero-order chi connectivity index (χ0) is 38.1. The van der Waals surface area contributed by atoms with Crippen LogP contribution in [0, 0.1) is 0 Å². The maximum Gasteiger partial charge on any atom is 0.160 e. The van der Waals surface area contributed by atoms with Gasteiger partial charge in [-0.15, -0.1) is 0 Å². The summed E-state index contributed by atoms with van der Waals surface area (Å²) in [6.45, 7) is 4.69. The van der Waals surface area contributed by atoms with Crippen molar-refractivity contribution in [2.24, 2.45) is 0 Å². The Balaban J connectivity index is 1.06. The standard InChI is InChI=1S/C54H37N3/c1-54(2)47-20-10-19-45(52(47)46-31-37-14-6-7-15-38(37)32-48(46)54)51-33-50(56-53(57-51)36-12-4-3-5-13-36)44-27-26-41(42-17-8-9-18-43(42)44)35-23-21-34(22-24-35)39-25-28-49-40(30-39)16-11-29-55-49/h3-33H,1-2H3. The Morgan fingerprint density at radius 1 is 0.386 bits per heavy atom. The first-order valence-electron chi connectivity index (χ1n) is 19.6. The van der Waals surface area contributed by atoms with Crippen molar-refractivity contribution in [2.75, 3.05) is 0 Å². The topological polar surface area (TPSA) is 38.7 Å². The molecule has 0 fully saturated rings. The van der Waals surface area contributed by atoms with Gasteiger partial charge in [0.1, 0.15) is 0 Å². The summed E-state index contributed by atoms with van der Waals surface area (Å²) in [6, 6.07) is 65.4.